The molecule has 0 aliphatic carbocycles. The van der Waals surface area contributed by atoms with Crippen molar-refractivity contribution in [1.29, 1.82) is 0 Å². The van der Waals surface area contributed by atoms with E-state index in [1.807, 2.05) is 6.07 Å². The zero-order chi connectivity index (χ0) is 12.5. The Hall–Kier alpha value is -0.910. The van der Waals surface area contributed by atoms with Crippen LogP contribution in [0, 0.1) is 0 Å². The van der Waals surface area contributed by atoms with Gasteiger partial charge in [-0.25, -0.2) is 4.98 Å². The van der Waals surface area contributed by atoms with Crippen LogP contribution >= 0.6 is 15.9 Å². The molecule has 0 N–H and O–H groups in total. The molecule has 96 valence electrons. The number of fused-ring (bicyclic) bond motifs is 1. The first-order valence-corrected chi connectivity index (χ1v) is 6.94. The number of nitrogens with zero attached hydrogens (tertiary/aromatic N) is 3. The molecule has 0 atom stereocenters. The first kappa shape index (κ1) is 12.1. The normalized spacial score (nSPS) is 17.4. The van der Waals surface area contributed by atoms with Crippen molar-refractivity contribution in [1.82, 2.24) is 14.5 Å². The predicted octanol–water partition coefficient (Wildman–Crippen LogP) is 2.17. The van der Waals surface area contributed by atoms with E-state index in [2.05, 4.69) is 44.6 Å². The van der Waals surface area contributed by atoms with Crippen LogP contribution in [0.4, 0.5) is 0 Å². The van der Waals surface area contributed by atoms with Crippen LogP contribution in [0.5, 0.6) is 0 Å². The second-order valence-corrected chi connectivity index (χ2v) is 5.52. The summed E-state index contributed by atoms with van der Waals surface area (Å²) in [7, 11) is 2.08. The van der Waals surface area contributed by atoms with E-state index in [-0.39, 0.29) is 0 Å². The highest BCUT2D eigenvalue weighted by atomic mass is 79.9. The van der Waals surface area contributed by atoms with E-state index in [0.29, 0.717) is 0 Å². The molecular weight excluding hydrogens is 294 g/mol. The van der Waals surface area contributed by atoms with Gasteiger partial charge >= 0.3 is 0 Å². The summed E-state index contributed by atoms with van der Waals surface area (Å²) in [5, 5.41) is 0. The average molecular weight is 310 g/mol. The van der Waals surface area contributed by atoms with E-state index >= 15 is 0 Å². The van der Waals surface area contributed by atoms with Crippen molar-refractivity contribution in [2.24, 2.45) is 7.05 Å². The smallest absolute Gasteiger partial charge is 0.123 e. The van der Waals surface area contributed by atoms with Crippen molar-refractivity contribution >= 4 is 27.0 Å². The number of morpholine rings is 1. The number of imidazole rings is 1. The van der Waals surface area contributed by atoms with Gasteiger partial charge in [-0.1, -0.05) is 15.9 Å². The topological polar surface area (TPSA) is 30.3 Å². The van der Waals surface area contributed by atoms with E-state index in [4.69, 9.17) is 9.72 Å². The summed E-state index contributed by atoms with van der Waals surface area (Å²) in [6, 6.07) is 6.21. The molecular formula is C13H16BrN3O. The lowest BCUT2D eigenvalue weighted by atomic mass is 10.3. The third kappa shape index (κ3) is 2.30. The molecule has 0 amide bonds. The maximum atomic E-state index is 5.37. The largest absolute Gasteiger partial charge is 0.379 e. The summed E-state index contributed by atoms with van der Waals surface area (Å²) < 4.78 is 8.64. The van der Waals surface area contributed by atoms with Crippen LogP contribution in [0.15, 0.2) is 22.7 Å². The molecule has 0 spiro atoms. The molecule has 2 heterocycles. The Labute approximate surface area is 115 Å². The molecule has 3 rings (SSSR count). The van der Waals surface area contributed by atoms with Gasteiger partial charge in [0.25, 0.3) is 0 Å². The molecule has 2 aromatic rings. The van der Waals surface area contributed by atoms with Gasteiger partial charge in [-0.2, -0.15) is 0 Å². The molecule has 1 aromatic heterocycles. The number of hydrogen-bond donors (Lipinski definition) is 0. The SMILES string of the molecule is Cn1c(CN2CCOCC2)nc2ccc(Br)cc21. The lowest BCUT2D eigenvalue weighted by Gasteiger charge is -2.26. The Morgan fingerprint density at radius 2 is 2.11 bits per heavy atom. The van der Waals surface area contributed by atoms with Gasteiger partial charge < -0.3 is 9.30 Å². The maximum absolute atomic E-state index is 5.37. The fourth-order valence-electron chi connectivity index (χ4n) is 2.31. The van der Waals surface area contributed by atoms with Gasteiger partial charge in [0.15, 0.2) is 0 Å². The molecule has 0 bridgehead atoms. The quantitative estimate of drug-likeness (QED) is 0.851. The maximum Gasteiger partial charge on any atom is 0.123 e. The monoisotopic (exact) mass is 309 g/mol. The zero-order valence-corrected chi connectivity index (χ0v) is 12.0. The van der Waals surface area contributed by atoms with Gasteiger partial charge in [-0.15, -0.1) is 0 Å². The summed E-state index contributed by atoms with van der Waals surface area (Å²) in [4.78, 5) is 7.10. The van der Waals surface area contributed by atoms with Crippen LogP contribution < -0.4 is 0 Å². The molecule has 0 radical (unpaired) electrons. The van der Waals surface area contributed by atoms with Crippen LogP contribution in [0.1, 0.15) is 5.82 Å². The second kappa shape index (κ2) is 4.99. The van der Waals surface area contributed by atoms with Crippen molar-refractivity contribution in [2.45, 2.75) is 6.54 Å². The number of benzene rings is 1. The highest BCUT2D eigenvalue weighted by Crippen LogP contribution is 2.20. The zero-order valence-electron chi connectivity index (χ0n) is 10.4. The molecule has 1 fully saturated rings. The van der Waals surface area contributed by atoms with Crippen LogP contribution in [-0.4, -0.2) is 40.8 Å². The van der Waals surface area contributed by atoms with E-state index < -0.39 is 0 Å². The number of hydrogen-bond acceptors (Lipinski definition) is 3. The van der Waals surface area contributed by atoms with Crippen molar-refractivity contribution in [2.75, 3.05) is 26.3 Å². The standard InChI is InChI=1S/C13H16BrN3O/c1-16-12-8-10(14)2-3-11(12)15-13(16)9-17-4-6-18-7-5-17/h2-3,8H,4-7,9H2,1H3. The molecule has 1 aromatic carbocycles. The second-order valence-electron chi connectivity index (χ2n) is 4.61. The minimum absolute atomic E-state index is 0.829. The molecule has 1 aliphatic rings. The highest BCUT2D eigenvalue weighted by molar-refractivity contribution is 9.10. The molecule has 4 nitrogen and oxygen atoms in total. The van der Waals surface area contributed by atoms with Gasteiger partial charge in [0.1, 0.15) is 5.82 Å². The van der Waals surface area contributed by atoms with Crippen molar-refractivity contribution in [3.05, 3.63) is 28.5 Å². The minimum atomic E-state index is 0.829. The lowest BCUT2D eigenvalue weighted by Crippen LogP contribution is -2.36. The molecule has 0 unspecified atom stereocenters. The fourth-order valence-corrected chi connectivity index (χ4v) is 2.66. The molecule has 5 heteroatoms. The first-order valence-electron chi connectivity index (χ1n) is 6.15. The van der Waals surface area contributed by atoms with Crippen LogP contribution in [0.2, 0.25) is 0 Å². The highest BCUT2D eigenvalue weighted by Gasteiger charge is 2.15. The fraction of sp³-hybridized carbons (Fsp3) is 0.462. The third-order valence-corrected chi connectivity index (χ3v) is 3.90. The van der Waals surface area contributed by atoms with E-state index in [1.54, 1.807) is 0 Å². The Bertz CT molecular complexity index is 561. The first-order chi connectivity index (χ1) is 8.74. The van der Waals surface area contributed by atoms with Gasteiger partial charge in [-0.05, 0) is 18.2 Å². The lowest BCUT2D eigenvalue weighted by molar-refractivity contribution is 0.0328. The Morgan fingerprint density at radius 1 is 1.33 bits per heavy atom. The number of rotatable bonds is 2. The molecule has 1 saturated heterocycles. The van der Waals surface area contributed by atoms with E-state index in [0.717, 1.165) is 48.7 Å². The predicted molar refractivity (Wildman–Crippen MR) is 74.5 cm³/mol. The van der Waals surface area contributed by atoms with Gasteiger partial charge in [-0.3, -0.25) is 4.90 Å². The summed E-state index contributed by atoms with van der Waals surface area (Å²) in [5.41, 5.74) is 2.23. The van der Waals surface area contributed by atoms with Gasteiger partial charge in [0, 0.05) is 24.6 Å². The number of ether oxygens (including phenoxy) is 1. The number of aryl methyl sites for hydroxylation is 1. The average Bonchev–Trinajstić information content (AvgIpc) is 2.68. The summed E-state index contributed by atoms with van der Waals surface area (Å²) in [6.45, 7) is 4.54. The van der Waals surface area contributed by atoms with Crippen LogP contribution in [0.25, 0.3) is 11.0 Å². The number of aromatic nitrogens is 2. The summed E-state index contributed by atoms with van der Waals surface area (Å²) in [6.07, 6.45) is 0. The number of halogens is 1. The Balaban J connectivity index is 1.89. The minimum Gasteiger partial charge on any atom is -0.379 e. The van der Waals surface area contributed by atoms with E-state index in [9.17, 15) is 0 Å². The Kier molecular flexibility index (Phi) is 3.37. The van der Waals surface area contributed by atoms with Crippen LogP contribution in [-0.2, 0) is 18.3 Å². The molecule has 0 saturated carbocycles. The Morgan fingerprint density at radius 3 is 2.89 bits per heavy atom. The molecule has 1 aliphatic heterocycles. The third-order valence-electron chi connectivity index (χ3n) is 3.40. The van der Waals surface area contributed by atoms with Crippen molar-refractivity contribution in [3.8, 4) is 0 Å². The summed E-state index contributed by atoms with van der Waals surface area (Å²) >= 11 is 3.51. The van der Waals surface area contributed by atoms with Crippen molar-refractivity contribution < 1.29 is 4.74 Å². The summed E-state index contributed by atoms with van der Waals surface area (Å²) in [5.74, 6) is 1.12. The van der Waals surface area contributed by atoms with Gasteiger partial charge in [0.2, 0.25) is 0 Å². The van der Waals surface area contributed by atoms with Crippen LogP contribution in [0.3, 0.4) is 0 Å². The molecule has 18 heavy (non-hydrogen) atoms. The van der Waals surface area contributed by atoms with Crippen molar-refractivity contribution in [3.63, 3.8) is 0 Å². The van der Waals surface area contributed by atoms with Gasteiger partial charge in [0.05, 0.1) is 30.8 Å². The van der Waals surface area contributed by atoms with E-state index in [1.165, 1.54) is 5.52 Å².